The fourth-order valence-electron chi connectivity index (χ4n) is 2.13. The first-order chi connectivity index (χ1) is 11.0. The zero-order valence-corrected chi connectivity index (χ0v) is 13.5. The van der Waals surface area contributed by atoms with Crippen LogP contribution in [-0.2, 0) is 14.6 Å². The zero-order chi connectivity index (χ0) is 16.4. The molecule has 23 heavy (non-hydrogen) atoms. The third-order valence-electron chi connectivity index (χ3n) is 3.50. The lowest BCUT2D eigenvalue weighted by Crippen LogP contribution is -2.19. The normalized spacial score (nSPS) is 15.8. The molecule has 1 fully saturated rings. The molecule has 1 aliphatic rings. The molecule has 1 N–H and O–H groups in total. The Labute approximate surface area is 136 Å². The molecular weight excluding hydrogens is 338 g/mol. The minimum atomic E-state index is -3.29. The Morgan fingerprint density at radius 1 is 1.30 bits per heavy atom. The summed E-state index contributed by atoms with van der Waals surface area (Å²) in [6.07, 6.45) is 2.89. The predicted octanol–water partition coefficient (Wildman–Crippen LogP) is 2.53. The Morgan fingerprint density at radius 3 is 2.52 bits per heavy atom. The van der Waals surface area contributed by atoms with Crippen molar-refractivity contribution in [1.29, 1.82) is 0 Å². The highest BCUT2D eigenvalue weighted by atomic mass is 32.2. The van der Waals surface area contributed by atoms with Crippen LogP contribution in [0, 0.1) is 4.91 Å². The molecule has 1 aromatic carbocycles. The lowest BCUT2D eigenvalue weighted by molar-refractivity contribution is -0.117. The maximum Gasteiger partial charge on any atom is 0.259 e. The number of nitrogens with one attached hydrogen (secondary N) is 1. The molecule has 0 bridgehead atoms. The van der Waals surface area contributed by atoms with Gasteiger partial charge in [-0.2, -0.15) is 0 Å². The van der Waals surface area contributed by atoms with Gasteiger partial charge in [0, 0.05) is 11.6 Å². The lowest BCUT2D eigenvalue weighted by atomic mass is 10.1. The number of aromatic nitrogens is 1. The number of benzene rings is 1. The van der Waals surface area contributed by atoms with Crippen LogP contribution in [0.5, 0.6) is 0 Å². The summed E-state index contributed by atoms with van der Waals surface area (Å²) in [4.78, 5) is 27.2. The van der Waals surface area contributed by atoms with Gasteiger partial charge in [0.15, 0.2) is 21.0 Å². The van der Waals surface area contributed by atoms with Crippen LogP contribution in [0.2, 0.25) is 0 Å². The van der Waals surface area contributed by atoms with Crippen molar-refractivity contribution < 1.29 is 13.2 Å². The van der Waals surface area contributed by atoms with Gasteiger partial charge in [0.25, 0.3) is 5.91 Å². The number of anilines is 1. The molecule has 0 radical (unpaired) electrons. The summed E-state index contributed by atoms with van der Waals surface area (Å²) in [6, 6.07) is 4.47. The summed E-state index contributed by atoms with van der Waals surface area (Å²) in [6.45, 7) is 0. The standard InChI is InChI=1S/C14H13N3O4S2/c18-13(16-14-15-7-8-22-14)12(17-19)9-1-3-10(4-2-9)23(20,21)11-5-6-11/h1-4,7-8,11-12H,5-6H2,(H,15,16,18). The van der Waals surface area contributed by atoms with E-state index in [4.69, 9.17) is 0 Å². The first-order valence-electron chi connectivity index (χ1n) is 6.89. The molecule has 1 unspecified atom stereocenters. The van der Waals surface area contributed by atoms with Gasteiger partial charge < -0.3 is 0 Å². The molecule has 9 heteroatoms. The van der Waals surface area contributed by atoms with Crippen LogP contribution in [0.1, 0.15) is 24.4 Å². The number of rotatable bonds is 6. The number of sulfone groups is 1. The van der Waals surface area contributed by atoms with Gasteiger partial charge in [-0.1, -0.05) is 17.3 Å². The van der Waals surface area contributed by atoms with Crippen LogP contribution < -0.4 is 5.32 Å². The number of carbonyl (C=O) groups is 1. The third-order valence-corrected chi connectivity index (χ3v) is 6.47. The van der Waals surface area contributed by atoms with Crippen LogP contribution in [0.3, 0.4) is 0 Å². The van der Waals surface area contributed by atoms with E-state index in [2.05, 4.69) is 15.5 Å². The van der Waals surface area contributed by atoms with Gasteiger partial charge in [-0.05, 0) is 30.5 Å². The van der Waals surface area contributed by atoms with Crippen LogP contribution in [0.25, 0.3) is 0 Å². The summed E-state index contributed by atoms with van der Waals surface area (Å²) >= 11 is 1.22. The zero-order valence-electron chi connectivity index (χ0n) is 11.9. The van der Waals surface area contributed by atoms with Crippen LogP contribution in [-0.4, -0.2) is 24.6 Å². The van der Waals surface area contributed by atoms with Crippen molar-refractivity contribution in [3.8, 4) is 0 Å². The predicted molar refractivity (Wildman–Crippen MR) is 85.9 cm³/mol. The Balaban J connectivity index is 1.79. The van der Waals surface area contributed by atoms with Crippen molar-refractivity contribution in [2.45, 2.75) is 29.0 Å². The molecule has 0 aliphatic heterocycles. The largest absolute Gasteiger partial charge is 0.300 e. The number of nitroso groups, excluding NO2 is 1. The van der Waals surface area contributed by atoms with Crippen LogP contribution >= 0.6 is 11.3 Å². The van der Waals surface area contributed by atoms with Gasteiger partial charge in [-0.25, -0.2) is 13.4 Å². The second kappa shape index (κ2) is 6.17. The Kier molecular flexibility index (Phi) is 4.22. The Hall–Kier alpha value is -2.13. The van der Waals surface area contributed by atoms with Crippen molar-refractivity contribution in [3.63, 3.8) is 0 Å². The molecule has 3 rings (SSSR count). The SMILES string of the molecule is O=NC(C(=O)Nc1nccs1)c1ccc(S(=O)(=O)C2CC2)cc1. The first-order valence-corrected chi connectivity index (χ1v) is 9.31. The van der Waals surface area contributed by atoms with Gasteiger partial charge >= 0.3 is 0 Å². The summed E-state index contributed by atoms with van der Waals surface area (Å²) < 4.78 is 24.2. The van der Waals surface area contributed by atoms with Crippen LogP contribution in [0.15, 0.2) is 45.9 Å². The second-order valence-corrected chi connectivity index (χ2v) is 8.27. The molecule has 1 amide bonds. The van der Waals surface area contributed by atoms with E-state index in [-0.39, 0.29) is 10.1 Å². The van der Waals surface area contributed by atoms with E-state index >= 15 is 0 Å². The topological polar surface area (TPSA) is 106 Å². The summed E-state index contributed by atoms with van der Waals surface area (Å²) in [5.74, 6) is -0.604. The highest BCUT2D eigenvalue weighted by Gasteiger charge is 2.37. The van der Waals surface area contributed by atoms with Gasteiger partial charge in [0.2, 0.25) is 0 Å². The summed E-state index contributed by atoms with van der Waals surface area (Å²) in [5, 5.41) is 7.10. The quantitative estimate of drug-likeness (QED) is 0.805. The summed E-state index contributed by atoms with van der Waals surface area (Å²) in [7, 11) is -3.29. The molecule has 1 aliphatic carbocycles. The van der Waals surface area contributed by atoms with E-state index < -0.39 is 21.8 Å². The molecular formula is C14H13N3O4S2. The monoisotopic (exact) mass is 351 g/mol. The number of hydrogen-bond acceptors (Lipinski definition) is 7. The molecule has 120 valence electrons. The van der Waals surface area contributed by atoms with Crippen molar-refractivity contribution in [2.24, 2.45) is 5.18 Å². The van der Waals surface area contributed by atoms with E-state index in [9.17, 15) is 18.1 Å². The average Bonchev–Trinajstić information content (AvgIpc) is 3.29. The smallest absolute Gasteiger partial charge is 0.259 e. The molecule has 7 nitrogen and oxygen atoms in total. The molecule has 1 aromatic heterocycles. The molecule has 1 heterocycles. The van der Waals surface area contributed by atoms with Crippen molar-refractivity contribution >= 4 is 32.2 Å². The van der Waals surface area contributed by atoms with Gasteiger partial charge in [0.05, 0.1) is 10.1 Å². The lowest BCUT2D eigenvalue weighted by Gasteiger charge is -2.10. The molecule has 0 saturated heterocycles. The minimum Gasteiger partial charge on any atom is -0.300 e. The maximum absolute atomic E-state index is 12.1. The Morgan fingerprint density at radius 2 is 2.00 bits per heavy atom. The van der Waals surface area contributed by atoms with E-state index in [1.165, 1.54) is 41.8 Å². The second-order valence-electron chi connectivity index (χ2n) is 5.15. The Bertz CT molecular complexity index is 812. The minimum absolute atomic E-state index is 0.203. The molecule has 1 saturated carbocycles. The fourth-order valence-corrected chi connectivity index (χ4v) is 4.32. The fraction of sp³-hybridized carbons (Fsp3) is 0.286. The van der Waals surface area contributed by atoms with Gasteiger partial charge in [-0.15, -0.1) is 16.2 Å². The van der Waals surface area contributed by atoms with Crippen molar-refractivity contribution in [1.82, 2.24) is 4.98 Å². The van der Waals surface area contributed by atoms with E-state index in [1.807, 2.05) is 0 Å². The average molecular weight is 351 g/mol. The third kappa shape index (κ3) is 3.30. The van der Waals surface area contributed by atoms with E-state index in [0.29, 0.717) is 23.5 Å². The number of amides is 1. The highest BCUT2D eigenvalue weighted by Crippen LogP contribution is 2.34. The summed E-state index contributed by atoms with van der Waals surface area (Å²) in [5.41, 5.74) is 0.337. The van der Waals surface area contributed by atoms with Crippen molar-refractivity contribution in [2.75, 3.05) is 5.32 Å². The molecule has 2 aromatic rings. The first kappa shape index (κ1) is 15.8. The van der Waals surface area contributed by atoms with Gasteiger partial charge in [-0.3, -0.25) is 10.1 Å². The van der Waals surface area contributed by atoms with Crippen molar-refractivity contribution in [3.05, 3.63) is 46.3 Å². The number of thiazole rings is 1. The molecule has 0 spiro atoms. The van der Waals surface area contributed by atoms with E-state index in [0.717, 1.165) is 0 Å². The number of carbonyl (C=O) groups excluding carboxylic acids is 1. The van der Waals surface area contributed by atoms with E-state index in [1.54, 1.807) is 5.38 Å². The highest BCUT2D eigenvalue weighted by molar-refractivity contribution is 7.92. The van der Waals surface area contributed by atoms with Crippen LogP contribution in [0.4, 0.5) is 5.13 Å². The number of nitrogens with zero attached hydrogens (tertiary/aromatic N) is 2. The van der Waals surface area contributed by atoms with Gasteiger partial charge in [0.1, 0.15) is 0 Å². The maximum atomic E-state index is 12.1. The number of hydrogen-bond donors (Lipinski definition) is 1. The molecule has 1 atom stereocenters.